The van der Waals surface area contributed by atoms with Crippen molar-refractivity contribution in [3.63, 3.8) is 0 Å². The van der Waals surface area contributed by atoms with Gasteiger partial charge in [-0.2, -0.15) is 4.31 Å². The summed E-state index contributed by atoms with van der Waals surface area (Å²) in [4.78, 5) is 2.48. The Bertz CT molecular complexity index is 616. The monoisotopic (exact) mass is 326 g/mol. The fourth-order valence-corrected chi connectivity index (χ4v) is 4.95. The van der Waals surface area contributed by atoms with Crippen LogP contribution in [0, 0.1) is 6.92 Å². The lowest BCUT2D eigenvalue weighted by atomic mass is 10.2. The van der Waals surface area contributed by atoms with Gasteiger partial charge in [0.2, 0.25) is 10.0 Å². The highest BCUT2D eigenvalue weighted by atomic mass is 32.2. The van der Waals surface area contributed by atoms with Crippen molar-refractivity contribution in [1.82, 2.24) is 9.21 Å². The summed E-state index contributed by atoms with van der Waals surface area (Å²) in [5, 5.41) is 0. The Labute approximate surface area is 133 Å². The van der Waals surface area contributed by atoms with E-state index in [1.807, 2.05) is 27.0 Å². The standard InChI is InChI=1S/C16H26N2O3S/c1-5-14-12-17(3)9-6-10-18(14)22(19,20)16-11-13(2)7-8-15(16)21-4/h7-8,11,14H,5-6,9-10,12H2,1-4H3. The third-order valence-corrected chi connectivity index (χ3v) is 6.20. The molecule has 0 radical (unpaired) electrons. The molecule has 0 amide bonds. The fourth-order valence-electron chi connectivity index (χ4n) is 2.98. The molecule has 1 atom stereocenters. The van der Waals surface area contributed by atoms with Gasteiger partial charge >= 0.3 is 0 Å². The van der Waals surface area contributed by atoms with Gasteiger partial charge in [-0.15, -0.1) is 0 Å². The molecule has 6 heteroatoms. The Morgan fingerprint density at radius 1 is 1.32 bits per heavy atom. The maximum atomic E-state index is 13.2. The maximum absolute atomic E-state index is 13.2. The number of ether oxygens (including phenoxy) is 1. The van der Waals surface area contributed by atoms with Gasteiger partial charge in [-0.25, -0.2) is 8.42 Å². The molecule has 1 aliphatic heterocycles. The van der Waals surface area contributed by atoms with Crippen LogP contribution in [0.15, 0.2) is 23.1 Å². The minimum atomic E-state index is -3.55. The molecule has 22 heavy (non-hydrogen) atoms. The third-order valence-electron chi connectivity index (χ3n) is 4.23. The van der Waals surface area contributed by atoms with Gasteiger partial charge in [0.05, 0.1) is 7.11 Å². The minimum absolute atomic E-state index is 0.00252. The lowest BCUT2D eigenvalue weighted by Gasteiger charge is -2.29. The zero-order valence-electron chi connectivity index (χ0n) is 13.9. The molecule has 0 N–H and O–H groups in total. The molecule has 0 spiro atoms. The quantitative estimate of drug-likeness (QED) is 0.850. The fraction of sp³-hybridized carbons (Fsp3) is 0.625. The summed E-state index contributed by atoms with van der Waals surface area (Å²) in [5.74, 6) is 0.415. The molecule has 0 aromatic heterocycles. The highest BCUT2D eigenvalue weighted by Crippen LogP contribution is 2.30. The molecule has 1 aliphatic rings. The number of sulfonamides is 1. The molecule has 1 aromatic carbocycles. The van der Waals surface area contributed by atoms with Gasteiger partial charge in [0.15, 0.2) is 0 Å². The van der Waals surface area contributed by atoms with E-state index in [-0.39, 0.29) is 10.9 Å². The topological polar surface area (TPSA) is 49.9 Å². The van der Waals surface area contributed by atoms with Crippen molar-refractivity contribution in [2.24, 2.45) is 0 Å². The SMILES string of the molecule is CCC1CN(C)CCCN1S(=O)(=O)c1cc(C)ccc1OC. The van der Waals surface area contributed by atoms with Crippen molar-refractivity contribution in [2.75, 3.05) is 33.8 Å². The number of likely N-dealkylation sites (N-methyl/N-ethyl adjacent to an activating group) is 1. The second kappa shape index (κ2) is 6.98. The van der Waals surface area contributed by atoms with E-state index in [2.05, 4.69) is 4.90 Å². The largest absolute Gasteiger partial charge is 0.495 e. The Kier molecular flexibility index (Phi) is 5.47. The maximum Gasteiger partial charge on any atom is 0.247 e. The summed E-state index contributed by atoms with van der Waals surface area (Å²) in [6, 6.07) is 5.30. The third kappa shape index (κ3) is 3.45. The number of nitrogens with zero attached hydrogens (tertiary/aromatic N) is 2. The van der Waals surface area contributed by atoms with Crippen LogP contribution < -0.4 is 4.74 Å². The van der Waals surface area contributed by atoms with Gasteiger partial charge < -0.3 is 9.64 Å². The lowest BCUT2D eigenvalue weighted by Crippen LogP contribution is -2.43. The van der Waals surface area contributed by atoms with Crippen molar-refractivity contribution < 1.29 is 13.2 Å². The van der Waals surface area contributed by atoms with E-state index in [1.54, 1.807) is 16.4 Å². The number of benzene rings is 1. The van der Waals surface area contributed by atoms with Crippen molar-refractivity contribution in [2.45, 2.75) is 37.6 Å². The summed E-state index contributed by atoms with van der Waals surface area (Å²) >= 11 is 0. The molecule has 0 bridgehead atoms. The Morgan fingerprint density at radius 2 is 2.05 bits per heavy atom. The number of hydrogen-bond donors (Lipinski definition) is 0. The average molecular weight is 326 g/mol. The zero-order valence-corrected chi connectivity index (χ0v) is 14.7. The highest BCUT2D eigenvalue weighted by Gasteiger charge is 2.34. The van der Waals surface area contributed by atoms with Gasteiger partial charge in [0.1, 0.15) is 10.6 Å². The van der Waals surface area contributed by atoms with Crippen LogP contribution in [0.2, 0.25) is 0 Å². The van der Waals surface area contributed by atoms with Crippen LogP contribution in [-0.2, 0) is 10.0 Å². The molecule has 5 nitrogen and oxygen atoms in total. The van der Waals surface area contributed by atoms with Gasteiger partial charge in [-0.05, 0) is 51.1 Å². The van der Waals surface area contributed by atoms with Gasteiger partial charge in [-0.3, -0.25) is 0 Å². The van der Waals surface area contributed by atoms with Crippen LogP contribution in [-0.4, -0.2) is 57.5 Å². The number of rotatable bonds is 4. The summed E-state index contributed by atoms with van der Waals surface area (Å²) in [6.07, 6.45) is 1.65. The van der Waals surface area contributed by atoms with Crippen LogP contribution in [0.4, 0.5) is 0 Å². The summed E-state index contributed by atoms with van der Waals surface area (Å²) < 4.78 is 33.3. The first-order chi connectivity index (χ1) is 10.4. The van der Waals surface area contributed by atoms with Crippen molar-refractivity contribution in [3.8, 4) is 5.75 Å². The van der Waals surface area contributed by atoms with Gasteiger partial charge in [0, 0.05) is 19.1 Å². The van der Waals surface area contributed by atoms with Crippen LogP contribution in [0.5, 0.6) is 5.75 Å². The predicted octanol–water partition coefficient (Wildman–Crippen LogP) is 2.11. The normalized spacial score (nSPS) is 21.5. The first-order valence-electron chi connectivity index (χ1n) is 7.75. The van der Waals surface area contributed by atoms with Crippen LogP contribution in [0.25, 0.3) is 0 Å². The second-order valence-electron chi connectivity index (χ2n) is 5.95. The smallest absolute Gasteiger partial charge is 0.247 e. The molecule has 0 aliphatic carbocycles. The van der Waals surface area contributed by atoms with Gasteiger partial charge in [-0.1, -0.05) is 13.0 Å². The first kappa shape index (κ1) is 17.2. The van der Waals surface area contributed by atoms with E-state index in [4.69, 9.17) is 4.74 Å². The summed E-state index contributed by atoms with van der Waals surface area (Å²) in [5.41, 5.74) is 0.916. The molecule has 1 heterocycles. The molecule has 1 saturated heterocycles. The molecule has 1 aromatic rings. The molecule has 0 saturated carbocycles. The first-order valence-corrected chi connectivity index (χ1v) is 9.19. The zero-order chi connectivity index (χ0) is 16.3. The van der Waals surface area contributed by atoms with E-state index in [9.17, 15) is 8.42 Å². The predicted molar refractivity (Wildman–Crippen MR) is 87.8 cm³/mol. The summed E-state index contributed by atoms with van der Waals surface area (Å²) in [6.45, 7) is 6.19. The second-order valence-corrected chi connectivity index (χ2v) is 7.81. The van der Waals surface area contributed by atoms with E-state index < -0.39 is 10.0 Å². The molecule has 124 valence electrons. The average Bonchev–Trinajstić information content (AvgIpc) is 2.68. The minimum Gasteiger partial charge on any atom is -0.495 e. The molecule has 2 rings (SSSR count). The highest BCUT2D eigenvalue weighted by molar-refractivity contribution is 7.89. The van der Waals surface area contributed by atoms with Crippen LogP contribution >= 0.6 is 0 Å². The Morgan fingerprint density at radius 3 is 2.68 bits per heavy atom. The molecule has 1 unspecified atom stereocenters. The lowest BCUT2D eigenvalue weighted by molar-refractivity contribution is 0.269. The van der Waals surface area contributed by atoms with E-state index in [0.717, 1.165) is 31.5 Å². The van der Waals surface area contributed by atoms with Crippen molar-refractivity contribution >= 4 is 10.0 Å². The van der Waals surface area contributed by atoms with E-state index in [0.29, 0.717) is 12.3 Å². The Hall–Kier alpha value is -1.11. The number of aryl methyl sites for hydroxylation is 1. The van der Waals surface area contributed by atoms with Crippen LogP contribution in [0.3, 0.4) is 0 Å². The van der Waals surface area contributed by atoms with Crippen molar-refractivity contribution in [3.05, 3.63) is 23.8 Å². The molecular formula is C16H26N2O3S. The Balaban J connectivity index is 2.46. The number of methoxy groups -OCH3 is 1. The van der Waals surface area contributed by atoms with Gasteiger partial charge in [0.25, 0.3) is 0 Å². The van der Waals surface area contributed by atoms with E-state index in [1.165, 1.54) is 7.11 Å². The molecule has 1 fully saturated rings. The van der Waals surface area contributed by atoms with Crippen LogP contribution in [0.1, 0.15) is 25.3 Å². The number of hydrogen-bond acceptors (Lipinski definition) is 4. The van der Waals surface area contributed by atoms with Crippen molar-refractivity contribution in [1.29, 1.82) is 0 Å². The summed E-state index contributed by atoms with van der Waals surface area (Å²) in [7, 11) is 0.00509. The molecular weight excluding hydrogens is 300 g/mol. The van der Waals surface area contributed by atoms with E-state index >= 15 is 0 Å².